The van der Waals surface area contributed by atoms with Gasteiger partial charge in [0.1, 0.15) is 23.7 Å². The molecule has 8 nitrogen and oxygen atoms in total. The number of nitro groups is 1. The van der Waals surface area contributed by atoms with Crippen LogP contribution in [0.15, 0.2) is 39.8 Å². The van der Waals surface area contributed by atoms with Crippen LogP contribution in [0.4, 0.5) is 5.69 Å². The van der Waals surface area contributed by atoms with E-state index >= 15 is 0 Å². The van der Waals surface area contributed by atoms with E-state index < -0.39 is 10.5 Å². The normalized spacial score (nSPS) is 11.0. The minimum atomic E-state index is -0.558. The van der Waals surface area contributed by atoms with Crippen molar-refractivity contribution in [3.63, 3.8) is 0 Å². The van der Waals surface area contributed by atoms with Gasteiger partial charge in [-0.05, 0) is 24.6 Å². The molecule has 0 aliphatic carbocycles. The Balaban J connectivity index is 2.12. The summed E-state index contributed by atoms with van der Waals surface area (Å²) in [5, 5.41) is 24.9. The van der Waals surface area contributed by atoms with Gasteiger partial charge >= 0.3 is 11.3 Å². The molecule has 0 saturated carbocycles. The molecular formula is C14H11N3O5. The van der Waals surface area contributed by atoms with Crippen molar-refractivity contribution in [2.45, 2.75) is 13.5 Å². The molecule has 22 heavy (non-hydrogen) atoms. The van der Waals surface area contributed by atoms with Crippen LogP contribution in [0.25, 0.3) is 11.0 Å². The van der Waals surface area contributed by atoms with E-state index in [-0.39, 0.29) is 18.0 Å². The number of phenols is 1. The number of hydrogen-bond acceptors (Lipinski definition) is 6. The molecule has 2 heterocycles. The molecular weight excluding hydrogens is 290 g/mol. The van der Waals surface area contributed by atoms with Crippen molar-refractivity contribution in [3.8, 4) is 5.75 Å². The lowest BCUT2D eigenvalue weighted by Crippen LogP contribution is -2.06. The highest BCUT2D eigenvalue weighted by atomic mass is 16.6. The van der Waals surface area contributed by atoms with Crippen molar-refractivity contribution in [1.82, 2.24) is 9.78 Å². The van der Waals surface area contributed by atoms with Gasteiger partial charge in [0.15, 0.2) is 0 Å². The van der Waals surface area contributed by atoms with Crippen LogP contribution >= 0.6 is 0 Å². The Kier molecular flexibility index (Phi) is 3.13. The van der Waals surface area contributed by atoms with E-state index in [1.165, 1.54) is 23.0 Å². The number of aryl methyl sites for hydroxylation is 1. The molecule has 1 aromatic carbocycles. The summed E-state index contributed by atoms with van der Waals surface area (Å²) in [4.78, 5) is 21.8. The summed E-state index contributed by atoms with van der Waals surface area (Å²) in [6.07, 6.45) is 2.43. The largest absolute Gasteiger partial charge is 0.508 e. The van der Waals surface area contributed by atoms with Crippen LogP contribution in [0.3, 0.4) is 0 Å². The molecule has 0 spiro atoms. The zero-order valence-electron chi connectivity index (χ0n) is 11.5. The Morgan fingerprint density at radius 2 is 2.23 bits per heavy atom. The summed E-state index contributed by atoms with van der Waals surface area (Å²) >= 11 is 0. The predicted molar refractivity (Wildman–Crippen MR) is 76.9 cm³/mol. The van der Waals surface area contributed by atoms with Crippen molar-refractivity contribution in [3.05, 3.63) is 62.3 Å². The number of aromatic nitrogens is 2. The number of benzene rings is 1. The van der Waals surface area contributed by atoms with Crippen LogP contribution in [-0.4, -0.2) is 19.8 Å². The lowest BCUT2D eigenvalue weighted by molar-refractivity contribution is -0.385. The molecule has 2 aromatic heterocycles. The van der Waals surface area contributed by atoms with E-state index in [9.17, 15) is 20.0 Å². The predicted octanol–water partition coefficient (Wildman–Crippen LogP) is 1.96. The van der Waals surface area contributed by atoms with Crippen LogP contribution in [0.1, 0.15) is 11.1 Å². The highest BCUT2D eigenvalue weighted by molar-refractivity contribution is 5.84. The third-order valence-corrected chi connectivity index (χ3v) is 3.38. The lowest BCUT2D eigenvalue weighted by Gasteiger charge is -2.08. The van der Waals surface area contributed by atoms with E-state index in [0.29, 0.717) is 22.1 Å². The SMILES string of the molecule is Cc1c(O)ccc2c(Cn3cc([N+](=O)[O-])cn3)cc(=O)oc12. The summed E-state index contributed by atoms with van der Waals surface area (Å²) in [6, 6.07) is 4.45. The second-order valence-corrected chi connectivity index (χ2v) is 4.83. The Bertz CT molecular complexity index is 941. The molecule has 0 saturated heterocycles. The first-order chi connectivity index (χ1) is 10.5. The fourth-order valence-electron chi connectivity index (χ4n) is 2.25. The molecule has 0 atom stereocenters. The van der Waals surface area contributed by atoms with Gasteiger partial charge in [-0.15, -0.1) is 0 Å². The van der Waals surface area contributed by atoms with Crippen LogP contribution in [0.5, 0.6) is 5.75 Å². The van der Waals surface area contributed by atoms with Crippen LogP contribution in [0, 0.1) is 17.0 Å². The van der Waals surface area contributed by atoms with Gasteiger partial charge in [-0.1, -0.05) is 0 Å². The molecule has 0 radical (unpaired) electrons. The van der Waals surface area contributed by atoms with E-state index in [2.05, 4.69) is 5.10 Å². The Morgan fingerprint density at radius 1 is 1.45 bits per heavy atom. The van der Waals surface area contributed by atoms with Gasteiger partial charge in [-0.3, -0.25) is 14.8 Å². The van der Waals surface area contributed by atoms with Crippen molar-refractivity contribution in [2.75, 3.05) is 0 Å². The summed E-state index contributed by atoms with van der Waals surface area (Å²) in [6.45, 7) is 1.82. The number of nitrogens with zero attached hydrogens (tertiary/aromatic N) is 3. The van der Waals surface area contributed by atoms with Gasteiger partial charge in [0.2, 0.25) is 0 Å². The maximum Gasteiger partial charge on any atom is 0.336 e. The monoisotopic (exact) mass is 301 g/mol. The molecule has 3 rings (SSSR count). The maximum atomic E-state index is 11.7. The summed E-state index contributed by atoms with van der Waals surface area (Å²) in [5.74, 6) is 0.0301. The van der Waals surface area contributed by atoms with Gasteiger partial charge in [0, 0.05) is 17.0 Å². The molecule has 3 aromatic rings. The molecule has 0 bridgehead atoms. The third-order valence-electron chi connectivity index (χ3n) is 3.38. The average Bonchev–Trinajstić information content (AvgIpc) is 2.92. The number of aromatic hydroxyl groups is 1. The molecule has 0 fully saturated rings. The zero-order chi connectivity index (χ0) is 15.9. The highest BCUT2D eigenvalue weighted by Crippen LogP contribution is 2.27. The van der Waals surface area contributed by atoms with E-state index in [1.807, 2.05) is 0 Å². The van der Waals surface area contributed by atoms with E-state index in [0.717, 1.165) is 6.20 Å². The minimum absolute atomic E-state index is 0.0301. The van der Waals surface area contributed by atoms with Crippen molar-refractivity contribution in [2.24, 2.45) is 0 Å². The second kappa shape index (κ2) is 4.99. The molecule has 1 N–H and O–H groups in total. The van der Waals surface area contributed by atoms with Gasteiger partial charge in [-0.25, -0.2) is 4.79 Å². The topological polar surface area (TPSA) is 111 Å². The smallest absolute Gasteiger partial charge is 0.336 e. The first kappa shape index (κ1) is 13.8. The fraction of sp³-hybridized carbons (Fsp3) is 0.143. The second-order valence-electron chi connectivity index (χ2n) is 4.83. The number of rotatable bonds is 3. The van der Waals surface area contributed by atoms with Crippen molar-refractivity contribution < 1.29 is 14.4 Å². The minimum Gasteiger partial charge on any atom is -0.508 e. The Morgan fingerprint density at radius 3 is 2.91 bits per heavy atom. The average molecular weight is 301 g/mol. The molecule has 0 amide bonds. The van der Waals surface area contributed by atoms with Gasteiger partial charge in [-0.2, -0.15) is 5.10 Å². The van der Waals surface area contributed by atoms with Crippen LogP contribution in [0.2, 0.25) is 0 Å². The summed E-state index contributed by atoms with van der Waals surface area (Å²) in [5.41, 5.74) is 0.679. The standard InChI is InChI=1S/C14H11N3O5/c1-8-12(18)3-2-11-9(4-13(19)22-14(8)11)6-16-7-10(5-15-16)17(20)21/h2-5,7,18H,6H2,1H3. The quantitative estimate of drug-likeness (QED) is 0.449. The Labute approximate surface area is 123 Å². The van der Waals surface area contributed by atoms with Gasteiger partial charge in [0.05, 0.1) is 11.5 Å². The maximum absolute atomic E-state index is 11.7. The molecule has 0 unspecified atom stereocenters. The van der Waals surface area contributed by atoms with Gasteiger partial charge < -0.3 is 9.52 Å². The number of phenolic OH excluding ortho intramolecular Hbond substituents is 1. The van der Waals surface area contributed by atoms with E-state index in [1.54, 1.807) is 13.0 Å². The van der Waals surface area contributed by atoms with E-state index in [4.69, 9.17) is 4.42 Å². The lowest BCUT2D eigenvalue weighted by atomic mass is 10.1. The molecule has 0 aliphatic rings. The molecule has 112 valence electrons. The summed E-state index contributed by atoms with van der Waals surface area (Å²) < 4.78 is 6.51. The molecule has 0 aliphatic heterocycles. The summed E-state index contributed by atoms with van der Waals surface area (Å²) in [7, 11) is 0. The first-order valence-electron chi connectivity index (χ1n) is 6.38. The number of fused-ring (bicyclic) bond motifs is 1. The Hall–Kier alpha value is -3.16. The highest BCUT2D eigenvalue weighted by Gasteiger charge is 2.13. The van der Waals surface area contributed by atoms with Gasteiger partial charge in [0.25, 0.3) is 0 Å². The number of hydrogen-bond donors (Lipinski definition) is 1. The van der Waals surface area contributed by atoms with Crippen LogP contribution in [-0.2, 0) is 6.54 Å². The third kappa shape index (κ3) is 2.30. The van der Waals surface area contributed by atoms with Crippen molar-refractivity contribution >= 4 is 16.7 Å². The van der Waals surface area contributed by atoms with Crippen LogP contribution < -0.4 is 5.63 Å². The molecule has 8 heteroatoms. The zero-order valence-corrected chi connectivity index (χ0v) is 11.5. The van der Waals surface area contributed by atoms with Crippen molar-refractivity contribution in [1.29, 1.82) is 0 Å². The fourth-order valence-corrected chi connectivity index (χ4v) is 2.25. The first-order valence-corrected chi connectivity index (χ1v) is 6.38.